The Morgan fingerprint density at radius 2 is 1.55 bits per heavy atom. The lowest BCUT2D eigenvalue weighted by molar-refractivity contribution is 0.181. The second kappa shape index (κ2) is 4.69. The minimum absolute atomic E-state index is 0.529. The lowest BCUT2D eigenvalue weighted by atomic mass is 10.1. The van der Waals surface area contributed by atoms with Crippen LogP contribution >= 0.6 is 11.8 Å². The molecule has 4 rings (SSSR count). The Kier molecular flexibility index (Phi) is 2.83. The number of thioether (sulfide) groups is 1. The van der Waals surface area contributed by atoms with Crippen LogP contribution in [0.5, 0.6) is 0 Å². The van der Waals surface area contributed by atoms with E-state index >= 15 is 0 Å². The Hall–Kier alpha value is -1.71. The molecule has 0 radical (unpaired) electrons. The van der Waals surface area contributed by atoms with Crippen LogP contribution < -0.4 is 0 Å². The minimum Gasteiger partial charge on any atom is -0.301 e. The molecule has 100 valence electrons. The van der Waals surface area contributed by atoms with E-state index in [2.05, 4.69) is 83.8 Å². The van der Waals surface area contributed by atoms with Crippen LogP contribution in [0.25, 0.3) is 0 Å². The molecule has 2 nitrogen and oxygen atoms in total. The van der Waals surface area contributed by atoms with Gasteiger partial charge >= 0.3 is 0 Å². The molecule has 0 bridgehead atoms. The maximum absolute atomic E-state index is 2.43. The Morgan fingerprint density at radius 1 is 0.900 bits per heavy atom. The van der Waals surface area contributed by atoms with E-state index in [4.69, 9.17) is 0 Å². The van der Waals surface area contributed by atoms with Gasteiger partial charge < -0.3 is 5.01 Å². The maximum Gasteiger partial charge on any atom is 0.0875 e. The summed E-state index contributed by atoms with van der Waals surface area (Å²) in [5.74, 6) is 0. The van der Waals surface area contributed by atoms with Gasteiger partial charge in [-0.05, 0) is 23.8 Å². The van der Waals surface area contributed by atoms with E-state index in [1.165, 1.54) is 15.5 Å². The van der Waals surface area contributed by atoms with Crippen LogP contribution in [-0.2, 0) is 0 Å². The second-order valence-corrected chi connectivity index (χ2v) is 6.26. The molecule has 0 N–H and O–H groups in total. The van der Waals surface area contributed by atoms with Gasteiger partial charge in [-0.1, -0.05) is 60.3 Å². The van der Waals surface area contributed by atoms with Crippen LogP contribution in [0.4, 0.5) is 0 Å². The monoisotopic (exact) mass is 280 g/mol. The number of fused-ring (bicyclic) bond motifs is 1. The average molecular weight is 280 g/mol. The summed E-state index contributed by atoms with van der Waals surface area (Å²) >= 11 is 1.84. The van der Waals surface area contributed by atoms with Gasteiger partial charge in [-0.2, -0.15) is 0 Å². The molecule has 3 atom stereocenters. The first-order valence-corrected chi connectivity index (χ1v) is 7.68. The number of nitrogens with zero attached hydrogens (tertiary/aromatic N) is 2. The molecule has 2 heterocycles. The van der Waals surface area contributed by atoms with Crippen molar-refractivity contribution in [3.63, 3.8) is 0 Å². The van der Waals surface area contributed by atoms with Crippen molar-refractivity contribution in [3.8, 4) is 0 Å². The molecule has 1 saturated heterocycles. The van der Waals surface area contributed by atoms with Crippen molar-refractivity contribution in [2.45, 2.75) is 17.0 Å². The molecule has 1 fully saturated rings. The van der Waals surface area contributed by atoms with Crippen LogP contribution in [0.3, 0.4) is 0 Å². The van der Waals surface area contributed by atoms with Gasteiger partial charge in [-0.25, -0.2) is 5.01 Å². The zero-order valence-electron chi connectivity index (χ0n) is 11.3. The normalized spacial score (nSPS) is 27.1. The molecule has 2 aliphatic rings. The zero-order chi connectivity index (χ0) is 13.5. The molecule has 0 amide bonds. The van der Waals surface area contributed by atoms with Crippen molar-refractivity contribution in [2.24, 2.45) is 0 Å². The highest BCUT2D eigenvalue weighted by Gasteiger charge is 2.54. The summed E-state index contributed by atoms with van der Waals surface area (Å²) in [5.41, 5.74) is 1.41. The molecule has 0 spiro atoms. The first-order valence-electron chi connectivity index (χ1n) is 6.86. The van der Waals surface area contributed by atoms with Crippen LogP contribution in [0, 0.1) is 0 Å². The molecule has 3 heteroatoms. The Balaban J connectivity index is 1.52. The van der Waals surface area contributed by atoms with Crippen molar-refractivity contribution in [1.82, 2.24) is 10.0 Å². The van der Waals surface area contributed by atoms with E-state index in [-0.39, 0.29) is 0 Å². The largest absolute Gasteiger partial charge is 0.301 e. The fourth-order valence-electron chi connectivity index (χ4n) is 2.87. The van der Waals surface area contributed by atoms with Gasteiger partial charge in [0, 0.05) is 11.9 Å². The SMILES string of the molecule is CN1C(Sc2ccccc2)=CC2C(c3ccccc3)N21. The van der Waals surface area contributed by atoms with Crippen LogP contribution in [0.15, 0.2) is 76.7 Å². The number of hydrogen-bond acceptors (Lipinski definition) is 3. The van der Waals surface area contributed by atoms with Gasteiger partial charge in [0.1, 0.15) is 0 Å². The van der Waals surface area contributed by atoms with E-state index < -0.39 is 0 Å². The Morgan fingerprint density at radius 3 is 2.15 bits per heavy atom. The van der Waals surface area contributed by atoms with Crippen molar-refractivity contribution in [1.29, 1.82) is 0 Å². The summed E-state index contributed by atoms with van der Waals surface area (Å²) in [6.45, 7) is 0. The molecule has 2 aromatic carbocycles. The van der Waals surface area contributed by atoms with E-state index in [1.807, 2.05) is 11.8 Å². The smallest absolute Gasteiger partial charge is 0.0875 e. The first-order chi connectivity index (χ1) is 9.84. The van der Waals surface area contributed by atoms with E-state index in [1.54, 1.807) is 0 Å². The van der Waals surface area contributed by atoms with Gasteiger partial charge in [0.25, 0.3) is 0 Å². The van der Waals surface area contributed by atoms with Gasteiger partial charge in [0.15, 0.2) is 0 Å². The number of hydrogen-bond donors (Lipinski definition) is 0. The second-order valence-electron chi connectivity index (χ2n) is 5.17. The molecule has 0 saturated carbocycles. The zero-order valence-corrected chi connectivity index (χ0v) is 12.1. The molecular weight excluding hydrogens is 264 g/mol. The fourth-order valence-corrected chi connectivity index (χ4v) is 3.84. The van der Waals surface area contributed by atoms with Crippen LogP contribution in [0.2, 0.25) is 0 Å². The van der Waals surface area contributed by atoms with Gasteiger partial charge in [-0.15, -0.1) is 0 Å². The van der Waals surface area contributed by atoms with Crippen LogP contribution in [0.1, 0.15) is 11.6 Å². The Bertz CT molecular complexity index is 639. The topological polar surface area (TPSA) is 6.25 Å². The quantitative estimate of drug-likeness (QED) is 0.787. The highest BCUT2D eigenvalue weighted by Crippen LogP contribution is 2.53. The summed E-state index contributed by atoms with van der Waals surface area (Å²) in [7, 11) is 2.16. The van der Waals surface area contributed by atoms with Gasteiger partial charge in [-0.3, -0.25) is 0 Å². The summed E-state index contributed by atoms with van der Waals surface area (Å²) < 4.78 is 0. The summed E-state index contributed by atoms with van der Waals surface area (Å²) in [6, 6.07) is 22.4. The van der Waals surface area contributed by atoms with Crippen molar-refractivity contribution >= 4 is 11.8 Å². The third-order valence-electron chi connectivity index (χ3n) is 3.91. The summed E-state index contributed by atoms with van der Waals surface area (Å²) in [5, 5.41) is 6.05. The minimum atomic E-state index is 0.529. The highest BCUT2D eigenvalue weighted by molar-refractivity contribution is 8.03. The van der Waals surface area contributed by atoms with Crippen LogP contribution in [-0.4, -0.2) is 23.1 Å². The first kappa shape index (κ1) is 12.1. The molecule has 3 unspecified atom stereocenters. The third kappa shape index (κ3) is 1.94. The molecule has 0 aliphatic carbocycles. The van der Waals surface area contributed by atoms with Gasteiger partial charge in [0.2, 0.25) is 0 Å². The Labute approximate surface area is 123 Å². The number of benzene rings is 2. The van der Waals surface area contributed by atoms with Crippen molar-refractivity contribution in [3.05, 3.63) is 77.3 Å². The van der Waals surface area contributed by atoms with Crippen molar-refractivity contribution in [2.75, 3.05) is 7.05 Å². The van der Waals surface area contributed by atoms with E-state index in [0.29, 0.717) is 12.1 Å². The molecule has 0 aromatic heterocycles. The summed E-state index contributed by atoms with van der Waals surface area (Å²) in [4.78, 5) is 1.30. The molecule has 2 aromatic rings. The lowest BCUT2D eigenvalue weighted by Gasteiger charge is -2.21. The lowest BCUT2D eigenvalue weighted by Crippen LogP contribution is -2.20. The standard InChI is InChI=1S/C17H16N2S/c1-18-16(20-14-10-6-3-7-11-14)12-15-17(19(15)18)13-8-4-2-5-9-13/h2-12,15,17H,1H3. The predicted octanol–water partition coefficient (Wildman–Crippen LogP) is 3.91. The average Bonchev–Trinajstić information content (AvgIpc) is 3.13. The molecule has 20 heavy (non-hydrogen) atoms. The van der Waals surface area contributed by atoms with Crippen molar-refractivity contribution < 1.29 is 0 Å². The molecule has 2 aliphatic heterocycles. The number of hydrazine groups is 1. The fraction of sp³-hybridized carbons (Fsp3) is 0.176. The maximum atomic E-state index is 2.43. The van der Waals surface area contributed by atoms with E-state index in [0.717, 1.165) is 0 Å². The predicted molar refractivity (Wildman–Crippen MR) is 83.0 cm³/mol. The number of rotatable bonds is 3. The van der Waals surface area contributed by atoms with E-state index in [9.17, 15) is 0 Å². The van der Waals surface area contributed by atoms with Gasteiger partial charge in [0.05, 0.1) is 17.1 Å². The molecular formula is C17H16N2S. The summed E-state index contributed by atoms with van der Waals surface area (Å²) in [6.07, 6.45) is 2.38. The third-order valence-corrected chi connectivity index (χ3v) is 5.03. The highest BCUT2D eigenvalue weighted by atomic mass is 32.2.